The van der Waals surface area contributed by atoms with Gasteiger partial charge in [0.2, 0.25) is 0 Å². The summed E-state index contributed by atoms with van der Waals surface area (Å²) in [4.78, 5) is 1.31. The van der Waals surface area contributed by atoms with E-state index in [0.717, 1.165) is 12.1 Å². The molecule has 1 heterocycles. The van der Waals surface area contributed by atoms with Gasteiger partial charge in [0.15, 0.2) is 0 Å². The topological polar surface area (TPSA) is 24.9 Å². The molecule has 0 saturated carbocycles. The van der Waals surface area contributed by atoms with Crippen molar-refractivity contribution in [3.05, 3.63) is 29.1 Å². The highest BCUT2D eigenvalue weighted by Gasteiger charge is 2.02. The third-order valence-corrected chi connectivity index (χ3v) is 2.67. The number of nitrogens with one attached hydrogen (secondary N) is 1. The lowest BCUT2D eigenvalue weighted by atomic mass is 10.2. The fourth-order valence-corrected chi connectivity index (χ4v) is 2.08. The highest BCUT2D eigenvalue weighted by molar-refractivity contribution is 7.07. The second-order valence-electron chi connectivity index (χ2n) is 2.65. The molecule has 0 aliphatic rings. The number of benzene rings is 1. The zero-order valence-electron chi connectivity index (χ0n) is 6.87. The van der Waals surface area contributed by atoms with Crippen LogP contribution in [0.5, 0.6) is 0 Å². The zero-order valence-corrected chi connectivity index (χ0v) is 7.69. The summed E-state index contributed by atoms with van der Waals surface area (Å²) in [6, 6.07) is 8.23. The van der Waals surface area contributed by atoms with Crippen molar-refractivity contribution in [2.45, 2.75) is 6.54 Å². The van der Waals surface area contributed by atoms with Gasteiger partial charge >= 0.3 is 0 Å². The van der Waals surface area contributed by atoms with E-state index in [1.807, 2.05) is 19.2 Å². The van der Waals surface area contributed by atoms with Crippen LogP contribution in [0.2, 0.25) is 0 Å². The van der Waals surface area contributed by atoms with Crippen molar-refractivity contribution in [2.75, 3.05) is 7.05 Å². The van der Waals surface area contributed by atoms with E-state index in [9.17, 15) is 0 Å². The SMILES string of the molecule is CNCc1snc2ccccc12. The Morgan fingerprint density at radius 2 is 2.25 bits per heavy atom. The fourth-order valence-electron chi connectivity index (χ4n) is 1.23. The van der Waals surface area contributed by atoms with E-state index in [1.165, 1.54) is 10.3 Å². The maximum Gasteiger partial charge on any atom is 0.0844 e. The number of aromatic nitrogens is 1. The first-order valence-corrected chi connectivity index (χ1v) is 4.67. The monoisotopic (exact) mass is 178 g/mol. The largest absolute Gasteiger partial charge is 0.315 e. The standard InChI is InChI=1S/C9H10N2S/c1-10-6-9-7-4-2-3-5-8(7)11-12-9/h2-5,10H,6H2,1H3. The first kappa shape index (κ1) is 7.71. The van der Waals surface area contributed by atoms with Gasteiger partial charge in [0, 0.05) is 16.8 Å². The number of hydrogen-bond donors (Lipinski definition) is 1. The molecule has 2 aromatic rings. The molecule has 0 fully saturated rings. The van der Waals surface area contributed by atoms with Crippen molar-refractivity contribution in [1.29, 1.82) is 0 Å². The minimum absolute atomic E-state index is 0.908. The van der Waals surface area contributed by atoms with Crippen LogP contribution in [0.4, 0.5) is 0 Å². The molecule has 0 aliphatic heterocycles. The van der Waals surface area contributed by atoms with Gasteiger partial charge in [-0.3, -0.25) is 0 Å². The Balaban J connectivity index is 2.55. The molecule has 3 heteroatoms. The summed E-state index contributed by atoms with van der Waals surface area (Å²) in [7, 11) is 1.95. The van der Waals surface area contributed by atoms with Gasteiger partial charge in [-0.2, -0.15) is 4.37 Å². The molecule has 62 valence electrons. The van der Waals surface area contributed by atoms with Crippen LogP contribution in [0.1, 0.15) is 4.88 Å². The van der Waals surface area contributed by atoms with E-state index in [0.29, 0.717) is 0 Å². The maximum absolute atomic E-state index is 4.34. The van der Waals surface area contributed by atoms with E-state index >= 15 is 0 Å². The lowest BCUT2D eigenvalue weighted by molar-refractivity contribution is 0.836. The smallest absolute Gasteiger partial charge is 0.0844 e. The van der Waals surface area contributed by atoms with Gasteiger partial charge in [-0.25, -0.2) is 0 Å². The third kappa shape index (κ3) is 1.21. The Labute approximate surface area is 75.4 Å². The Bertz CT molecular complexity index is 381. The van der Waals surface area contributed by atoms with Crippen LogP contribution in [0.3, 0.4) is 0 Å². The molecule has 0 unspecified atom stereocenters. The molecule has 0 aliphatic carbocycles. The van der Waals surface area contributed by atoms with E-state index in [2.05, 4.69) is 21.8 Å². The number of hydrogen-bond acceptors (Lipinski definition) is 3. The van der Waals surface area contributed by atoms with Crippen LogP contribution in [-0.4, -0.2) is 11.4 Å². The predicted molar refractivity (Wildman–Crippen MR) is 52.4 cm³/mol. The van der Waals surface area contributed by atoms with E-state index in [4.69, 9.17) is 0 Å². The lowest BCUT2D eigenvalue weighted by Crippen LogP contribution is -2.03. The van der Waals surface area contributed by atoms with Gasteiger partial charge in [0.25, 0.3) is 0 Å². The molecule has 1 aromatic heterocycles. The first-order chi connectivity index (χ1) is 5.92. The summed E-state index contributed by atoms with van der Waals surface area (Å²) >= 11 is 1.57. The van der Waals surface area contributed by atoms with Gasteiger partial charge in [-0.15, -0.1) is 0 Å². The summed E-state index contributed by atoms with van der Waals surface area (Å²) < 4.78 is 4.34. The van der Waals surface area contributed by atoms with E-state index in [1.54, 1.807) is 11.5 Å². The van der Waals surface area contributed by atoms with Crippen molar-refractivity contribution in [1.82, 2.24) is 9.69 Å². The molecule has 0 radical (unpaired) electrons. The minimum atomic E-state index is 0.908. The predicted octanol–water partition coefficient (Wildman–Crippen LogP) is 2.02. The quantitative estimate of drug-likeness (QED) is 0.761. The minimum Gasteiger partial charge on any atom is -0.315 e. The van der Waals surface area contributed by atoms with Crippen LogP contribution in [-0.2, 0) is 6.54 Å². The van der Waals surface area contributed by atoms with Crippen LogP contribution < -0.4 is 5.32 Å². The summed E-state index contributed by atoms with van der Waals surface area (Å²) in [6.07, 6.45) is 0. The molecule has 0 spiro atoms. The van der Waals surface area contributed by atoms with E-state index in [-0.39, 0.29) is 0 Å². The molecule has 2 rings (SSSR count). The molecular weight excluding hydrogens is 168 g/mol. The Morgan fingerprint density at radius 1 is 1.42 bits per heavy atom. The molecule has 0 bridgehead atoms. The van der Waals surface area contributed by atoms with Gasteiger partial charge in [0.1, 0.15) is 0 Å². The van der Waals surface area contributed by atoms with Crippen molar-refractivity contribution in [3.63, 3.8) is 0 Å². The van der Waals surface area contributed by atoms with Crippen molar-refractivity contribution in [3.8, 4) is 0 Å². The highest BCUT2D eigenvalue weighted by atomic mass is 32.1. The molecule has 1 aromatic carbocycles. The van der Waals surface area contributed by atoms with Crippen LogP contribution in [0.15, 0.2) is 24.3 Å². The molecule has 12 heavy (non-hydrogen) atoms. The second-order valence-corrected chi connectivity index (χ2v) is 3.51. The van der Waals surface area contributed by atoms with Crippen molar-refractivity contribution >= 4 is 22.4 Å². The Kier molecular flexibility index (Phi) is 2.06. The second kappa shape index (κ2) is 3.21. The van der Waals surface area contributed by atoms with Gasteiger partial charge in [-0.1, -0.05) is 18.2 Å². The van der Waals surface area contributed by atoms with Gasteiger partial charge in [-0.05, 0) is 24.6 Å². The van der Waals surface area contributed by atoms with Crippen molar-refractivity contribution < 1.29 is 0 Å². The number of rotatable bonds is 2. The van der Waals surface area contributed by atoms with Gasteiger partial charge in [0.05, 0.1) is 5.52 Å². The lowest BCUT2D eigenvalue weighted by Gasteiger charge is -1.93. The maximum atomic E-state index is 4.34. The third-order valence-electron chi connectivity index (χ3n) is 1.80. The molecule has 0 amide bonds. The number of fused-ring (bicyclic) bond motifs is 1. The van der Waals surface area contributed by atoms with Crippen molar-refractivity contribution in [2.24, 2.45) is 0 Å². The van der Waals surface area contributed by atoms with Crippen LogP contribution in [0.25, 0.3) is 10.9 Å². The number of nitrogens with zero attached hydrogens (tertiary/aromatic N) is 1. The summed E-state index contributed by atoms with van der Waals surface area (Å²) in [6.45, 7) is 0.908. The average Bonchev–Trinajstić information content (AvgIpc) is 2.50. The molecule has 1 N–H and O–H groups in total. The molecule has 0 atom stereocenters. The van der Waals surface area contributed by atoms with Gasteiger partial charge < -0.3 is 5.32 Å². The molecule has 2 nitrogen and oxygen atoms in total. The van der Waals surface area contributed by atoms with E-state index < -0.39 is 0 Å². The zero-order chi connectivity index (χ0) is 8.39. The summed E-state index contributed by atoms with van der Waals surface area (Å²) in [5.41, 5.74) is 1.10. The summed E-state index contributed by atoms with van der Waals surface area (Å²) in [5, 5.41) is 4.41. The Hall–Kier alpha value is -0.930. The average molecular weight is 178 g/mol. The van der Waals surface area contributed by atoms with Crippen LogP contribution >= 0.6 is 11.5 Å². The highest BCUT2D eigenvalue weighted by Crippen LogP contribution is 2.21. The Morgan fingerprint density at radius 3 is 3.08 bits per heavy atom. The normalized spacial score (nSPS) is 10.8. The molecular formula is C9H10N2S. The molecule has 0 saturated heterocycles. The summed E-state index contributed by atoms with van der Waals surface area (Å²) in [5.74, 6) is 0. The first-order valence-electron chi connectivity index (χ1n) is 3.89. The van der Waals surface area contributed by atoms with Crippen LogP contribution in [0, 0.1) is 0 Å². The fraction of sp³-hybridized carbons (Fsp3) is 0.222.